The molecule has 0 aromatic carbocycles. The lowest BCUT2D eigenvalue weighted by atomic mass is 10.0. The zero-order valence-electron chi connectivity index (χ0n) is 26.2. The minimum Gasteiger partial charge on any atom is -0.328 e. The molecular weight excluding hydrogens is 458 g/mol. The van der Waals surface area contributed by atoms with Gasteiger partial charge >= 0.3 is 0 Å². The van der Waals surface area contributed by atoms with Gasteiger partial charge in [-0.2, -0.15) is 0 Å². The van der Waals surface area contributed by atoms with Gasteiger partial charge in [0.15, 0.2) is 0 Å². The Labute approximate surface area is 240 Å². The van der Waals surface area contributed by atoms with Crippen molar-refractivity contribution in [2.45, 2.75) is 187 Å². The first-order valence-electron chi connectivity index (χ1n) is 17.2. The van der Waals surface area contributed by atoms with Crippen LogP contribution in [0.5, 0.6) is 0 Å². The summed E-state index contributed by atoms with van der Waals surface area (Å²) in [7, 11) is 0. The predicted molar refractivity (Wildman–Crippen MR) is 176 cm³/mol. The zero-order valence-corrected chi connectivity index (χ0v) is 26.2. The molecule has 0 rings (SSSR count). The second kappa shape index (κ2) is 33.9. The van der Waals surface area contributed by atoms with E-state index in [9.17, 15) is 0 Å². The Morgan fingerprint density at radius 2 is 0.658 bits per heavy atom. The van der Waals surface area contributed by atoms with Crippen LogP contribution in [0, 0.1) is 0 Å². The molecule has 0 aliphatic carbocycles. The average Bonchev–Trinajstić information content (AvgIpc) is 2.92. The molecule has 0 radical (unpaired) electrons. The van der Waals surface area contributed by atoms with Crippen molar-refractivity contribution in [3.8, 4) is 0 Å². The van der Waals surface area contributed by atoms with Gasteiger partial charge in [0.1, 0.15) is 0 Å². The Kier molecular flexibility index (Phi) is 33.0. The van der Waals surface area contributed by atoms with E-state index < -0.39 is 0 Å². The summed E-state index contributed by atoms with van der Waals surface area (Å²) < 4.78 is 0. The minimum absolute atomic E-state index is 0.437. The number of nitrogens with two attached hydrogens (primary N) is 1. The number of hydrogen-bond acceptors (Lipinski definition) is 1. The summed E-state index contributed by atoms with van der Waals surface area (Å²) >= 11 is 0. The standard InChI is InChI=1S/C37H69N/c1-3-5-7-9-11-13-15-17-19-21-23-25-27-29-31-33-35-37(38)36-34-32-30-28-26-24-22-20-18-16-14-12-10-8-6-4-2/h11-14,17-20,37H,3-10,15-16,21-36,38H2,1-2H3/b13-11-,14-12?,19-17?,20-18?. The van der Waals surface area contributed by atoms with Crippen LogP contribution < -0.4 is 5.73 Å². The molecule has 1 nitrogen and oxygen atoms in total. The van der Waals surface area contributed by atoms with Crippen molar-refractivity contribution in [1.82, 2.24) is 0 Å². The third kappa shape index (κ3) is 32.9. The van der Waals surface area contributed by atoms with Gasteiger partial charge in [-0.05, 0) is 77.0 Å². The maximum atomic E-state index is 6.37. The van der Waals surface area contributed by atoms with Crippen LogP contribution >= 0.6 is 0 Å². The Morgan fingerprint density at radius 3 is 1.00 bits per heavy atom. The minimum atomic E-state index is 0.437. The maximum absolute atomic E-state index is 6.37. The number of hydrogen-bond donors (Lipinski definition) is 1. The van der Waals surface area contributed by atoms with Gasteiger partial charge in [0.25, 0.3) is 0 Å². The Hall–Kier alpha value is -1.08. The second-order valence-electron chi connectivity index (χ2n) is 11.5. The number of rotatable bonds is 30. The fourth-order valence-electron chi connectivity index (χ4n) is 4.93. The van der Waals surface area contributed by atoms with E-state index in [0.717, 1.165) is 12.8 Å². The topological polar surface area (TPSA) is 26.0 Å². The van der Waals surface area contributed by atoms with E-state index in [1.165, 1.54) is 154 Å². The predicted octanol–water partition coefficient (Wildman–Crippen LogP) is 12.7. The van der Waals surface area contributed by atoms with Crippen molar-refractivity contribution in [3.63, 3.8) is 0 Å². The van der Waals surface area contributed by atoms with Crippen LogP contribution in [0.25, 0.3) is 0 Å². The van der Waals surface area contributed by atoms with Crippen LogP contribution in [0.3, 0.4) is 0 Å². The largest absolute Gasteiger partial charge is 0.328 e. The molecular formula is C37H69N. The molecule has 0 bridgehead atoms. The van der Waals surface area contributed by atoms with Gasteiger partial charge in [-0.1, -0.05) is 152 Å². The maximum Gasteiger partial charge on any atom is 0.00388 e. The van der Waals surface area contributed by atoms with Crippen LogP contribution in [0.1, 0.15) is 181 Å². The molecule has 0 spiro atoms. The van der Waals surface area contributed by atoms with E-state index in [1.54, 1.807) is 0 Å². The van der Waals surface area contributed by atoms with Gasteiger partial charge in [-0.3, -0.25) is 0 Å². The van der Waals surface area contributed by atoms with Crippen LogP contribution in [0.2, 0.25) is 0 Å². The van der Waals surface area contributed by atoms with E-state index in [1.807, 2.05) is 0 Å². The SMILES string of the molecule is CCCCCC=CCC=CCCCCCCCCC(N)CCCCCCCCC=CC/C=C\CCCCC. The molecule has 0 aliphatic heterocycles. The van der Waals surface area contributed by atoms with E-state index in [2.05, 4.69) is 62.5 Å². The number of unbranched alkanes of at least 4 members (excludes halogenated alkanes) is 18. The molecule has 1 heteroatoms. The first-order chi connectivity index (χ1) is 18.8. The van der Waals surface area contributed by atoms with Gasteiger partial charge in [-0.25, -0.2) is 0 Å². The molecule has 2 N–H and O–H groups in total. The van der Waals surface area contributed by atoms with Gasteiger partial charge in [0, 0.05) is 6.04 Å². The molecule has 0 saturated carbocycles. The van der Waals surface area contributed by atoms with Gasteiger partial charge in [0.2, 0.25) is 0 Å². The van der Waals surface area contributed by atoms with Crippen LogP contribution in [-0.4, -0.2) is 6.04 Å². The molecule has 0 amide bonds. The third-order valence-corrected chi connectivity index (χ3v) is 7.55. The fraction of sp³-hybridized carbons (Fsp3) is 0.784. The summed E-state index contributed by atoms with van der Waals surface area (Å²) in [6, 6.07) is 0.437. The molecule has 1 atom stereocenters. The highest BCUT2D eigenvalue weighted by atomic mass is 14.6. The van der Waals surface area contributed by atoms with Crippen molar-refractivity contribution in [2.24, 2.45) is 5.73 Å². The molecule has 0 heterocycles. The summed E-state index contributed by atoms with van der Waals surface area (Å²) in [6.07, 6.45) is 53.0. The normalized spacial score (nSPS) is 13.2. The summed E-state index contributed by atoms with van der Waals surface area (Å²) in [5.41, 5.74) is 6.37. The van der Waals surface area contributed by atoms with E-state index in [-0.39, 0.29) is 0 Å². The highest BCUT2D eigenvalue weighted by molar-refractivity contribution is 4.93. The lowest BCUT2D eigenvalue weighted by molar-refractivity contribution is 0.482. The summed E-state index contributed by atoms with van der Waals surface area (Å²) in [5, 5.41) is 0. The van der Waals surface area contributed by atoms with Crippen molar-refractivity contribution in [2.75, 3.05) is 0 Å². The molecule has 0 saturated heterocycles. The van der Waals surface area contributed by atoms with Crippen LogP contribution in [-0.2, 0) is 0 Å². The zero-order chi connectivity index (χ0) is 27.6. The van der Waals surface area contributed by atoms with E-state index in [0.29, 0.717) is 6.04 Å². The lowest BCUT2D eigenvalue weighted by Crippen LogP contribution is -2.19. The van der Waals surface area contributed by atoms with E-state index in [4.69, 9.17) is 5.73 Å². The van der Waals surface area contributed by atoms with Crippen molar-refractivity contribution in [1.29, 1.82) is 0 Å². The highest BCUT2D eigenvalue weighted by Crippen LogP contribution is 2.14. The quantitative estimate of drug-likeness (QED) is 0.0729. The molecule has 38 heavy (non-hydrogen) atoms. The van der Waals surface area contributed by atoms with Crippen molar-refractivity contribution in [3.05, 3.63) is 48.6 Å². The monoisotopic (exact) mass is 528 g/mol. The van der Waals surface area contributed by atoms with Crippen molar-refractivity contribution < 1.29 is 0 Å². The molecule has 0 aromatic rings. The molecule has 1 unspecified atom stereocenters. The molecule has 0 aromatic heterocycles. The molecule has 0 aliphatic rings. The van der Waals surface area contributed by atoms with Gasteiger partial charge in [0.05, 0.1) is 0 Å². The average molecular weight is 528 g/mol. The lowest BCUT2D eigenvalue weighted by Gasteiger charge is -2.11. The first kappa shape index (κ1) is 36.9. The third-order valence-electron chi connectivity index (χ3n) is 7.55. The summed E-state index contributed by atoms with van der Waals surface area (Å²) in [6.45, 7) is 4.53. The summed E-state index contributed by atoms with van der Waals surface area (Å²) in [4.78, 5) is 0. The Morgan fingerprint density at radius 1 is 0.368 bits per heavy atom. The highest BCUT2D eigenvalue weighted by Gasteiger charge is 2.02. The number of allylic oxidation sites excluding steroid dienone is 8. The Balaban J connectivity index is 3.29. The van der Waals surface area contributed by atoms with Crippen molar-refractivity contribution >= 4 is 0 Å². The molecule has 0 fully saturated rings. The fourth-order valence-corrected chi connectivity index (χ4v) is 4.93. The van der Waals surface area contributed by atoms with Crippen LogP contribution in [0.4, 0.5) is 0 Å². The molecule has 222 valence electrons. The van der Waals surface area contributed by atoms with E-state index >= 15 is 0 Å². The van der Waals surface area contributed by atoms with Gasteiger partial charge < -0.3 is 5.73 Å². The second-order valence-corrected chi connectivity index (χ2v) is 11.5. The Bertz CT molecular complexity index is 493. The van der Waals surface area contributed by atoms with Crippen LogP contribution in [0.15, 0.2) is 48.6 Å². The first-order valence-corrected chi connectivity index (χ1v) is 17.2. The smallest absolute Gasteiger partial charge is 0.00388 e. The van der Waals surface area contributed by atoms with Gasteiger partial charge in [-0.15, -0.1) is 0 Å². The summed E-state index contributed by atoms with van der Waals surface area (Å²) in [5.74, 6) is 0.